The van der Waals surface area contributed by atoms with Gasteiger partial charge in [-0.15, -0.1) is 5.10 Å². The molecule has 0 atom stereocenters. The van der Waals surface area contributed by atoms with Crippen molar-refractivity contribution in [2.45, 2.75) is 99.8 Å². The fraction of sp³-hybridized carbons (Fsp3) is 0.619. The summed E-state index contributed by atoms with van der Waals surface area (Å²) < 4.78 is 11.8. The summed E-state index contributed by atoms with van der Waals surface area (Å²) in [5.41, 5.74) is 3.75. The second kappa shape index (κ2) is 24.6. The number of likely N-dealkylation sites (tertiary alicyclic amines) is 1. The Hall–Kier alpha value is -4.11. The molecule has 0 radical (unpaired) electrons. The van der Waals surface area contributed by atoms with Gasteiger partial charge >= 0.3 is 6.09 Å². The van der Waals surface area contributed by atoms with Crippen LogP contribution >= 0.6 is 11.8 Å². The fourth-order valence-electron chi connectivity index (χ4n) is 7.09. The molecule has 0 unspecified atom stereocenters. The van der Waals surface area contributed by atoms with E-state index in [-0.39, 0.29) is 12.0 Å². The average molecular weight is 812 g/mol. The second-order valence-corrected chi connectivity index (χ2v) is 15.0. The minimum atomic E-state index is -0.462. The lowest BCUT2D eigenvalue weighted by atomic mass is 9.96. The second-order valence-electron chi connectivity index (χ2n) is 15.0. The molecule has 0 bridgehead atoms. The first-order valence-corrected chi connectivity index (χ1v) is 21.1. The van der Waals surface area contributed by atoms with E-state index >= 15 is 0 Å². The highest BCUT2D eigenvalue weighted by atomic mass is 35.5. The monoisotopic (exact) mass is 811 g/mol. The van der Waals surface area contributed by atoms with Gasteiger partial charge in [0.2, 0.25) is 11.8 Å². The molecular formula is C42H67ClN10O4. The van der Waals surface area contributed by atoms with E-state index in [9.17, 15) is 9.59 Å². The molecule has 0 aliphatic carbocycles. The van der Waals surface area contributed by atoms with Gasteiger partial charge in [0.1, 0.15) is 17.7 Å². The first-order valence-electron chi connectivity index (χ1n) is 20.7. The minimum absolute atomic E-state index is 0.138. The third-order valence-corrected chi connectivity index (χ3v) is 9.78. The summed E-state index contributed by atoms with van der Waals surface area (Å²) in [7, 11) is 0. The van der Waals surface area contributed by atoms with Gasteiger partial charge in [-0.3, -0.25) is 14.6 Å². The first-order chi connectivity index (χ1) is 27.6. The lowest BCUT2D eigenvalue weighted by Gasteiger charge is -2.39. The molecule has 6 rings (SSSR count). The third kappa shape index (κ3) is 15.3. The number of rotatable bonds is 12. The molecule has 0 spiro atoms. The zero-order valence-electron chi connectivity index (χ0n) is 35.6. The van der Waals surface area contributed by atoms with E-state index in [0.29, 0.717) is 43.7 Å². The number of piperidine rings is 1. The van der Waals surface area contributed by atoms with Crippen molar-refractivity contribution in [3.63, 3.8) is 0 Å². The number of hydrogen-bond acceptors (Lipinski definition) is 12. The number of benzene rings is 1. The molecule has 2 amide bonds. The van der Waals surface area contributed by atoms with Crippen LogP contribution in [0.2, 0.25) is 0 Å². The number of ether oxygens (including phenoxy) is 2. The first kappa shape index (κ1) is 47.3. The molecule has 15 heteroatoms. The van der Waals surface area contributed by atoms with Crippen molar-refractivity contribution >= 4 is 29.5 Å². The van der Waals surface area contributed by atoms with Crippen LogP contribution < -0.4 is 14.9 Å². The van der Waals surface area contributed by atoms with Crippen LogP contribution in [0.5, 0.6) is 11.6 Å². The van der Waals surface area contributed by atoms with Gasteiger partial charge < -0.3 is 24.2 Å². The van der Waals surface area contributed by atoms with E-state index in [1.807, 2.05) is 88.7 Å². The van der Waals surface area contributed by atoms with Crippen LogP contribution in [0.3, 0.4) is 0 Å². The molecular weight excluding hydrogens is 744 g/mol. The van der Waals surface area contributed by atoms with Crippen molar-refractivity contribution in [2.24, 2.45) is 11.2 Å². The number of aromatic nitrogens is 4. The summed E-state index contributed by atoms with van der Waals surface area (Å²) in [5, 5.41) is 12.5. The number of nitrogens with two attached hydrogens (primary N) is 1. The van der Waals surface area contributed by atoms with Gasteiger partial charge in [-0.1, -0.05) is 46.8 Å². The molecule has 5 heterocycles. The summed E-state index contributed by atoms with van der Waals surface area (Å²) in [6.07, 6.45) is 8.68. The number of carbonyl (C=O) groups is 2. The Morgan fingerprint density at radius 1 is 0.930 bits per heavy atom. The molecule has 316 valence electrons. The number of piperazine rings is 1. The molecule has 2 saturated heterocycles. The number of anilines is 1. The van der Waals surface area contributed by atoms with Crippen molar-refractivity contribution in [2.75, 3.05) is 70.3 Å². The molecule has 3 aromatic rings. The number of carbonyl (C=O) groups excluding carboxylic acids is 2. The summed E-state index contributed by atoms with van der Waals surface area (Å²) in [4.78, 5) is 45.0. The minimum Gasteiger partial charge on any atom is -0.444 e. The van der Waals surface area contributed by atoms with Gasteiger partial charge in [0, 0.05) is 89.8 Å². The Morgan fingerprint density at radius 2 is 1.65 bits per heavy atom. The Labute approximate surface area is 346 Å². The molecule has 0 saturated carbocycles. The van der Waals surface area contributed by atoms with Gasteiger partial charge in [0.15, 0.2) is 0 Å². The van der Waals surface area contributed by atoms with E-state index < -0.39 is 5.60 Å². The Bertz CT molecular complexity index is 1600. The van der Waals surface area contributed by atoms with Gasteiger partial charge in [-0.05, 0) is 81.8 Å². The topological polar surface area (TPSA) is 146 Å². The third-order valence-electron chi connectivity index (χ3n) is 9.78. The fourth-order valence-corrected chi connectivity index (χ4v) is 7.09. The van der Waals surface area contributed by atoms with Gasteiger partial charge in [-0.2, -0.15) is 5.10 Å². The van der Waals surface area contributed by atoms with E-state index in [2.05, 4.69) is 64.9 Å². The predicted molar refractivity (Wildman–Crippen MR) is 227 cm³/mol. The van der Waals surface area contributed by atoms with Crippen LogP contribution in [-0.2, 0) is 29.0 Å². The van der Waals surface area contributed by atoms with Gasteiger partial charge in [0.05, 0.1) is 24.1 Å². The van der Waals surface area contributed by atoms with Crippen LogP contribution in [0.25, 0.3) is 0 Å². The highest BCUT2D eigenvalue weighted by Gasteiger charge is 2.29. The largest absolute Gasteiger partial charge is 0.444 e. The van der Waals surface area contributed by atoms with Crippen LogP contribution in [0.4, 0.5) is 10.5 Å². The van der Waals surface area contributed by atoms with E-state index in [1.54, 1.807) is 12.5 Å². The molecule has 1 aromatic carbocycles. The quantitative estimate of drug-likeness (QED) is 0.193. The molecule has 57 heavy (non-hydrogen) atoms. The normalized spacial score (nSPS) is 15.8. The number of nitrogens with zero attached hydrogens (tertiary/aromatic N) is 9. The standard InChI is InChI=1S/C38H53N9O4.2C2H6.ClH2N/c1-5-12-46(36(48)27-44-25-31-22-39-28-40-34(31)26-44)13-9-29-7-6-8-33(20-29)50-35-21-32(23-41-42-35)45-18-16-43(17-19-45)24-30-10-14-47(15-11-30)37(49)51-38(2,3)4;3*1-2/h6-8,20-23,28,30H,5,9-19,24-27H2,1-4H3;2*1-2H3;2H2. The van der Waals surface area contributed by atoms with Crippen molar-refractivity contribution < 1.29 is 19.1 Å². The van der Waals surface area contributed by atoms with E-state index in [4.69, 9.17) is 9.47 Å². The van der Waals surface area contributed by atoms with Crippen LogP contribution in [0.15, 0.2) is 49.1 Å². The summed E-state index contributed by atoms with van der Waals surface area (Å²) >= 11 is 4.14. The number of halogens is 1. The van der Waals surface area contributed by atoms with E-state index in [1.165, 1.54) is 0 Å². The average Bonchev–Trinajstić information content (AvgIpc) is 3.64. The Morgan fingerprint density at radius 3 is 2.32 bits per heavy atom. The maximum Gasteiger partial charge on any atom is 0.410 e. The van der Waals surface area contributed by atoms with Crippen molar-refractivity contribution in [1.29, 1.82) is 0 Å². The summed E-state index contributed by atoms with van der Waals surface area (Å²) in [5.74, 6) is 1.89. The van der Waals surface area contributed by atoms with Gasteiger partial charge in [-0.25, -0.2) is 20.0 Å². The van der Waals surface area contributed by atoms with Crippen molar-refractivity contribution in [3.05, 3.63) is 65.9 Å². The lowest BCUT2D eigenvalue weighted by Crippen LogP contribution is -2.49. The lowest BCUT2D eigenvalue weighted by molar-refractivity contribution is -0.132. The predicted octanol–water partition coefficient (Wildman–Crippen LogP) is 6.78. The zero-order chi connectivity index (χ0) is 41.8. The Kier molecular flexibility index (Phi) is 20.4. The Balaban J connectivity index is 0.00000138. The van der Waals surface area contributed by atoms with E-state index in [0.717, 1.165) is 101 Å². The molecule has 3 aliphatic rings. The SMILES string of the molecule is CC.CC.CCCN(CCc1cccc(Oc2cc(N3CCN(CC4CCN(C(=O)OC(C)(C)C)CC4)CC3)cnn2)c1)C(=O)CN1Cc2cncnc2C1.NCl. The van der Waals surface area contributed by atoms with Crippen molar-refractivity contribution in [1.82, 2.24) is 39.8 Å². The molecule has 14 nitrogen and oxygen atoms in total. The zero-order valence-corrected chi connectivity index (χ0v) is 36.4. The molecule has 3 aliphatic heterocycles. The smallest absolute Gasteiger partial charge is 0.410 e. The maximum atomic E-state index is 13.3. The highest BCUT2D eigenvalue weighted by molar-refractivity contribution is 6.11. The molecule has 2 fully saturated rings. The molecule has 2 N–H and O–H groups in total. The highest BCUT2D eigenvalue weighted by Crippen LogP contribution is 2.26. The van der Waals surface area contributed by atoms with Crippen LogP contribution in [0, 0.1) is 5.92 Å². The summed E-state index contributed by atoms with van der Waals surface area (Å²) in [6, 6.07) is 9.97. The van der Waals surface area contributed by atoms with Crippen LogP contribution in [0.1, 0.15) is 91.5 Å². The molecule has 2 aromatic heterocycles. The van der Waals surface area contributed by atoms with Crippen LogP contribution in [-0.4, -0.2) is 123 Å². The summed E-state index contributed by atoms with van der Waals surface area (Å²) in [6.45, 7) is 25.3. The number of hydrogen-bond donors (Lipinski definition) is 1. The number of amides is 2. The van der Waals surface area contributed by atoms with Gasteiger partial charge in [0.25, 0.3) is 0 Å². The van der Waals surface area contributed by atoms with Crippen molar-refractivity contribution in [3.8, 4) is 11.6 Å². The maximum absolute atomic E-state index is 13.3. The number of fused-ring (bicyclic) bond motifs is 1.